The van der Waals surface area contributed by atoms with Crippen molar-refractivity contribution in [2.45, 2.75) is 0 Å². The highest BCUT2D eigenvalue weighted by Gasteiger charge is 2.16. The molecular weight excluding hydrogens is 186 g/mol. The van der Waals surface area contributed by atoms with E-state index in [-0.39, 0.29) is 5.03 Å². The van der Waals surface area contributed by atoms with Gasteiger partial charge in [0.15, 0.2) is 14.9 Å². The predicted molar refractivity (Wildman–Crippen MR) is 50.5 cm³/mol. The second-order valence-electron chi connectivity index (χ2n) is 2.92. The monoisotopic (exact) mass is 194 g/mol. The summed E-state index contributed by atoms with van der Waals surface area (Å²) >= 11 is 0. The van der Waals surface area contributed by atoms with Gasteiger partial charge in [-0.1, -0.05) is 24.3 Å². The van der Waals surface area contributed by atoms with Crippen LogP contribution >= 0.6 is 0 Å². The molecule has 0 atom stereocenters. The molecule has 0 saturated heterocycles. The van der Waals surface area contributed by atoms with Crippen LogP contribution in [0.1, 0.15) is 0 Å². The highest BCUT2D eigenvalue weighted by atomic mass is 32.2. The molecule has 13 heavy (non-hydrogen) atoms. The van der Waals surface area contributed by atoms with Crippen molar-refractivity contribution in [3.63, 3.8) is 0 Å². The molecule has 0 bridgehead atoms. The standard InChI is InChI=1S/C9H8NO2S/c1-13(11,12)9-8-5-3-2-4-7(8)6-10-9/h2-6H,1H3. The lowest BCUT2D eigenvalue weighted by Gasteiger charge is -1.95. The molecule has 1 aromatic rings. The van der Waals surface area contributed by atoms with Gasteiger partial charge in [-0.3, -0.25) is 0 Å². The van der Waals surface area contributed by atoms with E-state index in [0.717, 1.165) is 5.22 Å². The summed E-state index contributed by atoms with van der Waals surface area (Å²) in [5, 5.41) is 5.61. The molecule has 2 rings (SSSR count). The minimum Gasteiger partial charge on any atom is -0.243 e. The average Bonchev–Trinajstić information content (AvgIpc) is 2.45. The van der Waals surface area contributed by atoms with E-state index in [1.807, 2.05) is 12.1 Å². The second-order valence-corrected chi connectivity index (χ2v) is 4.85. The van der Waals surface area contributed by atoms with Gasteiger partial charge in [-0.05, 0) is 0 Å². The van der Waals surface area contributed by atoms with Crippen LogP contribution in [0.15, 0.2) is 24.3 Å². The smallest absolute Gasteiger partial charge is 0.193 e. The molecule has 1 radical (unpaired) electrons. The Morgan fingerprint density at radius 2 is 1.92 bits per heavy atom. The number of rotatable bonds is 1. The SMILES string of the molecule is CS(=O)(=O)C1=c2ccccc2=C[N]1. The van der Waals surface area contributed by atoms with Crippen LogP contribution in [-0.4, -0.2) is 14.7 Å². The van der Waals surface area contributed by atoms with E-state index < -0.39 is 9.84 Å². The maximum Gasteiger partial charge on any atom is 0.193 e. The Balaban J connectivity index is 2.91. The molecule has 0 amide bonds. The molecular formula is C9H8NO2S. The lowest BCUT2D eigenvalue weighted by Crippen LogP contribution is -2.24. The first kappa shape index (κ1) is 8.31. The van der Waals surface area contributed by atoms with Crippen LogP contribution in [-0.2, 0) is 9.84 Å². The number of fused-ring (bicyclic) bond motifs is 1. The van der Waals surface area contributed by atoms with E-state index in [1.54, 1.807) is 18.3 Å². The van der Waals surface area contributed by atoms with Crippen molar-refractivity contribution in [3.8, 4) is 0 Å². The van der Waals surface area contributed by atoms with Crippen LogP contribution in [0.4, 0.5) is 0 Å². The van der Waals surface area contributed by atoms with Gasteiger partial charge in [-0.25, -0.2) is 13.7 Å². The molecule has 0 saturated carbocycles. The Morgan fingerprint density at radius 3 is 2.62 bits per heavy atom. The molecule has 0 unspecified atom stereocenters. The number of sulfone groups is 1. The van der Waals surface area contributed by atoms with Crippen molar-refractivity contribution in [1.29, 1.82) is 0 Å². The maximum atomic E-state index is 11.2. The molecule has 1 heterocycles. The van der Waals surface area contributed by atoms with E-state index in [1.165, 1.54) is 6.26 Å². The lowest BCUT2D eigenvalue weighted by molar-refractivity contribution is 0.610. The number of hydrogen-bond acceptors (Lipinski definition) is 2. The summed E-state index contributed by atoms with van der Waals surface area (Å²) in [6.45, 7) is 0. The van der Waals surface area contributed by atoms with Crippen LogP contribution in [0, 0.1) is 0 Å². The Hall–Kier alpha value is -1.29. The predicted octanol–water partition coefficient (Wildman–Crippen LogP) is -0.847. The third-order valence-corrected chi connectivity index (χ3v) is 2.89. The first-order chi connectivity index (χ1) is 6.09. The van der Waals surface area contributed by atoms with Gasteiger partial charge in [0.05, 0.1) is 0 Å². The molecule has 67 valence electrons. The van der Waals surface area contributed by atoms with Gasteiger partial charge < -0.3 is 0 Å². The maximum absolute atomic E-state index is 11.2. The fourth-order valence-corrected chi connectivity index (χ4v) is 2.13. The molecule has 0 N–H and O–H groups in total. The summed E-state index contributed by atoms with van der Waals surface area (Å²) < 4.78 is 22.5. The third-order valence-electron chi connectivity index (χ3n) is 1.86. The first-order valence-corrected chi connectivity index (χ1v) is 5.68. The van der Waals surface area contributed by atoms with Gasteiger partial charge in [-0.15, -0.1) is 0 Å². The topological polar surface area (TPSA) is 48.2 Å². The molecule has 4 heteroatoms. The minimum atomic E-state index is -3.20. The molecule has 1 aliphatic rings. The second kappa shape index (κ2) is 2.60. The van der Waals surface area contributed by atoms with Crippen LogP contribution < -0.4 is 15.8 Å². The first-order valence-electron chi connectivity index (χ1n) is 3.79. The summed E-state index contributed by atoms with van der Waals surface area (Å²) in [6.07, 6.45) is 2.74. The summed E-state index contributed by atoms with van der Waals surface area (Å²) in [4.78, 5) is 0. The number of nitrogens with zero attached hydrogens (tertiary/aromatic N) is 1. The molecule has 0 aliphatic carbocycles. The lowest BCUT2D eigenvalue weighted by atomic mass is 10.3. The highest BCUT2D eigenvalue weighted by Crippen LogP contribution is 2.02. The highest BCUT2D eigenvalue weighted by molar-refractivity contribution is 7.99. The zero-order chi connectivity index (χ0) is 9.47. The van der Waals surface area contributed by atoms with Crippen LogP contribution in [0.25, 0.3) is 11.2 Å². The normalized spacial score (nSPS) is 14.7. The zero-order valence-corrected chi connectivity index (χ0v) is 7.88. The minimum absolute atomic E-state index is 0.170. The zero-order valence-electron chi connectivity index (χ0n) is 7.06. The van der Waals surface area contributed by atoms with E-state index in [9.17, 15) is 8.42 Å². The number of hydrogen-bond donors (Lipinski definition) is 0. The van der Waals surface area contributed by atoms with Crippen LogP contribution in [0.2, 0.25) is 0 Å². The summed E-state index contributed by atoms with van der Waals surface area (Å²) in [5.74, 6) is 0. The van der Waals surface area contributed by atoms with Crippen molar-refractivity contribution in [3.05, 3.63) is 34.7 Å². The van der Waals surface area contributed by atoms with E-state index in [4.69, 9.17) is 0 Å². The third kappa shape index (κ3) is 1.33. The average molecular weight is 194 g/mol. The van der Waals surface area contributed by atoms with Gasteiger partial charge in [-0.2, -0.15) is 0 Å². The summed E-state index contributed by atoms with van der Waals surface area (Å²) in [6, 6.07) is 7.27. The van der Waals surface area contributed by atoms with Gasteiger partial charge in [0.2, 0.25) is 0 Å². The van der Waals surface area contributed by atoms with Crippen LogP contribution in [0.3, 0.4) is 0 Å². The van der Waals surface area contributed by atoms with Crippen molar-refractivity contribution >= 4 is 21.1 Å². The Morgan fingerprint density at radius 1 is 1.23 bits per heavy atom. The van der Waals surface area contributed by atoms with Gasteiger partial charge in [0, 0.05) is 22.9 Å². The van der Waals surface area contributed by atoms with Crippen molar-refractivity contribution < 1.29 is 8.42 Å². The van der Waals surface area contributed by atoms with Gasteiger partial charge >= 0.3 is 0 Å². The fraction of sp³-hybridized carbons (Fsp3) is 0.111. The molecule has 0 aromatic heterocycles. The molecule has 0 spiro atoms. The van der Waals surface area contributed by atoms with Crippen molar-refractivity contribution in [2.75, 3.05) is 6.26 Å². The van der Waals surface area contributed by atoms with Crippen molar-refractivity contribution in [1.82, 2.24) is 5.32 Å². The summed E-state index contributed by atoms with van der Waals surface area (Å²) in [7, 11) is -3.20. The largest absolute Gasteiger partial charge is 0.243 e. The van der Waals surface area contributed by atoms with Gasteiger partial charge in [0.25, 0.3) is 0 Å². The molecule has 1 aromatic carbocycles. The molecule has 0 fully saturated rings. The van der Waals surface area contributed by atoms with Crippen LogP contribution in [0.5, 0.6) is 0 Å². The Labute approximate surface area is 76.3 Å². The number of benzene rings is 1. The van der Waals surface area contributed by atoms with E-state index in [2.05, 4.69) is 5.32 Å². The molecule has 1 aliphatic heterocycles. The van der Waals surface area contributed by atoms with E-state index >= 15 is 0 Å². The van der Waals surface area contributed by atoms with Crippen molar-refractivity contribution in [2.24, 2.45) is 0 Å². The van der Waals surface area contributed by atoms with Gasteiger partial charge in [0.1, 0.15) is 0 Å². The quantitative estimate of drug-likeness (QED) is 0.585. The Bertz CT molecular complexity index is 558. The Kier molecular flexibility index (Phi) is 1.66. The fourth-order valence-electron chi connectivity index (χ4n) is 1.30. The summed E-state index contributed by atoms with van der Waals surface area (Å²) in [5.41, 5.74) is 0. The van der Waals surface area contributed by atoms with E-state index in [0.29, 0.717) is 5.22 Å². The molecule has 3 nitrogen and oxygen atoms in total.